The number of amides is 2. The van der Waals surface area contributed by atoms with E-state index in [9.17, 15) is 9.59 Å². The van der Waals surface area contributed by atoms with Gasteiger partial charge in [-0.15, -0.1) is 0 Å². The highest BCUT2D eigenvalue weighted by atomic mass is 16.3. The van der Waals surface area contributed by atoms with Crippen molar-refractivity contribution in [2.24, 2.45) is 5.92 Å². The van der Waals surface area contributed by atoms with Gasteiger partial charge in [0.25, 0.3) is 5.91 Å². The first-order chi connectivity index (χ1) is 13.7. The average molecular weight is 405 g/mol. The average Bonchev–Trinajstić information content (AvgIpc) is 2.68. The highest BCUT2D eigenvalue weighted by Gasteiger charge is 2.09. The van der Waals surface area contributed by atoms with Gasteiger partial charge in [-0.2, -0.15) is 0 Å². The number of carbonyl (C=O) groups excluding carboxylic acids is 2. The molecule has 0 spiro atoms. The number of aliphatic hydroxyl groups is 1. The fourth-order valence-corrected chi connectivity index (χ4v) is 1.49. The van der Waals surface area contributed by atoms with Gasteiger partial charge < -0.3 is 15.7 Å². The number of nitrogens with zero attached hydrogens (tertiary/aromatic N) is 2. The highest BCUT2D eigenvalue weighted by Crippen LogP contribution is 1.92. The number of nitrogens with one attached hydrogen (secondary N) is 2. The third-order valence-corrected chi connectivity index (χ3v) is 2.52. The molecule has 3 N–H and O–H groups in total. The molecule has 1 unspecified atom stereocenters. The quantitative estimate of drug-likeness (QED) is 0.678. The van der Waals surface area contributed by atoms with Crippen LogP contribution in [-0.4, -0.2) is 39.7 Å². The second kappa shape index (κ2) is 18.6. The first-order valence-corrected chi connectivity index (χ1v) is 9.75. The summed E-state index contributed by atoms with van der Waals surface area (Å²) in [6, 6.07) is 10.3. The number of carbonyl (C=O) groups is 2. The zero-order valence-corrected chi connectivity index (χ0v) is 18.6. The summed E-state index contributed by atoms with van der Waals surface area (Å²) < 4.78 is 0. The van der Waals surface area contributed by atoms with Crippen LogP contribution in [0.1, 0.15) is 57.6 Å². The Labute approximate surface area is 175 Å². The minimum absolute atomic E-state index is 0.132. The minimum atomic E-state index is -0.944. The van der Waals surface area contributed by atoms with Crippen LogP contribution in [0.25, 0.3) is 0 Å². The predicted molar refractivity (Wildman–Crippen MR) is 117 cm³/mol. The lowest BCUT2D eigenvalue weighted by molar-refractivity contribution is -0.122. The molecule has 2 amide bonds. The monoisotopic (exact) mass is 404 g/mol. The Bertz CT molecular complexity index is 645. The van der Waals surface area contributed by atoms with Crippen molar-refractivity contribution >= 4 is 11.8 Å². The lowest BCUT2D eigenvalue weighted by atomic mass is 10.2. The summed E-state index contributed by atoms with van der Waals surface area (Å²) >= 11 is 0. The van der Waals surface area contributed by atoms with E-state index >= 15 is 0 Å². The van der Waals surface area contributed by atoms with E-state index in [1.165, 1.54) is 31.1 Å². The Hall–Kier alpha value is -2.80. The standard InChI is InChI=1S/C9H12N4O3.C7H8.C4H10.C2H6/c1-6(14)13-8(15)5-12-9(16)7-4-10-2-3-11-7;1-7-5-3-2-4-6-7;1-4(2)3;1-2/h2-4,6,14H,5H2,1H3,(H,12,16)(H,13,15);2-6H,1H3;4H,1-3H3;1-2H3. The Balaban J connectivity index is 0. The highest BCUT2D eigenvalue weighted by molar-refractivity contribution is 5.94. The zero-order valence-electron chi connectivity index (χ0n) is 18.6. The fourth-order valence-electron chi connectivity index (χ4n) is 1.49. The SMILES string of the molecule is CC.CC(C)C.CC(O)NC(=O)CNC(=O)c1cnccn1.Cc1ccccc1. The molecule has 7 nitrogen and oxygen atoms in total. The molecule has 0 aliphatic rings. The maximum atomic E-state index is 11.4. The molecule has 29 heavy (non-hydrogen) atoms. The minimum Gasteiger partial charge on any atom is -0.374 e. The van der Waals surface area contributed by atoms with Gasteiger partial charge in [-0.05, 0) is 19.8 Å². The molecule has 1 aromatic carbocycles. The first-order valence-electron chi connectivity index (χ1n) is 9.75. The van der Waals surface area contributed by atoms with Crippen molar-refractivity contribution in [3.8, 4) is 0 Å². The van der Waals surface area contributed by atoms with Crippen LogP contribution in [0, 0.1) is 12.8 Å². The molecule has 7 heteroatoms. The molecule has 0 saturated heterocycles. The Morgan fingerprint density at radius 2 is 1.59 bits per heavy atom. The maximum absolute atomic E-state index is 11.4. The lowest BCUT2D eigenvalue weighted by Crippen LogP contribution is -2.40. The number of aromatic nitrogens is 2. The van der Waals surface area contributed by atoms with E-state index in [0.29, 0.717) is 0 Å². The van der Waals surface area contributed by atoms with Gasteiger partial charge in [0.1, 0.15) is 11.9 Å². The maximum Gasteiger partial charge on any atom is 0.271 e. The smallest absolute Gasteiger partial charge is 0.271 e. The number of benzene rings is 1. The van der Waals surface area contributed by atoms with Crippen LogP contribution in [-0.2, 0) is 4.79 Å². The summed E-state index contributed by atoms with van der Waals surface area (Å²) in [5.41, 5.74) is 1.45. The van der Waals surface area contributed by atoms with Gasteiger partial charge in [0, 0.05) is 12.4 Å². The van der Waals surface area contributed by atoms with Crippen molar-refractivity contribution in [3.63, 3.8) is 0 Å². The molecule has 2 rings (SSSR count). The largest absolute Gasteiger partial charge is 0.374 e. The molecule has 2 aromatic rings. The van der Waals surface area contributed by atoms with Gasteiger partial charge in [-0.3, -0.25) is 14.6 Å². The molecule has 1 atom stereocenters. The molecule has 1 heterocycles. The second-order valence-corrected chi connectivity index (χ2v) is 6.40. The zero-order chi connectivity index (χ0) is 22.7. The molecule has 0 saturated carbocycles. The van der Waals surface area contributed by atoms with E-state index < -0.39 is 18.0 Å². The molecule has 1 aromatic heterocycles. The van der Waals surface area contributed by atoms with Crippen LogP contribution in [0.3, 0.4) is 0 Å². The van der Waals surface area contributed by atoms with Crippen molar-refractivity contribution in [3.05, 3.63) is 60.2 Å². The summed E-state index contributed by atoms with van der Waals surface area (Å²) in [5, 5.41) is 13.4. The summed E-state index contributed by atoms with van der Waals surface area (Å²) in [7, 11) is 0. The molecule has 0 fully saturated rings. The number of aliphatic hydroxyl groups excluding tert-OH is 1. The van der Waals surface area contributed by atoms with Gasteiger partial charge >= 0.3 is 0 Å². The predicted octanol–water partition coefficient (Wildman–Crippen LogP) is 3.34. The number of hydrogen-bond acceptors (Lipinski definition) is 5. The normalized spacial score (nSPS) is 9.97. The Kier molecular flexibility index (Phi) is 18.2. The van der Waals surface area contributed by atoms with Crippen LogP contribution in [0.4, 0.5) is 0 Å². The van der Waals surface area contributed by atoms with Gasteiger partial charge in [0.15, 0.2) is 0 Å². The Morgan fingerprint density at radius 3 is 1.97 bits per heavy atom. The van der Waals surface area contributed by atoms with Crippen molar-refractivity contribution in [2.75, 3.05) is 6.54 Å². The van der Waals surface area contributed by atoms with Crippen LogP contribution < -0.4 is 10.6 Å². The summed E-state index contributed by atoms with van der Waals surface area (Å²) in [4.78, 5) is 29.9. The van der Waals surface area contributed by atoms with Gasteiger partial charge in [-0.1, -0.05) is 70.5 Å². The molecule has 0 aliphatic heterocycles. The Morgan fingerprint density at radius 1 is 1.03 bits per heavy atom. The topological polar surface area (TPSA) is 104 Å². The number of hydrogen-bond donors (Lipinski definition) is 3. The molecule has 0 aliphatic carbocycles. The molecular weight excluding hydrogens is 368 g/mol. The van der Waals surface area contributed by atoms with Crippen LogP contribution in [0.5, 0.6) is 0 Å². The fraction of sp³-hybridized carbons (Fsp3) is 0.455. The van der Waals surface area contributed by atoms with E-state index in [0.717, 1.165) is 5.92 Å². The number of aryl methyl sites for hydroxylation is 1. The van der Waals surface area contributed by atoms with Crippen molar-refractivity contribution < 1.29 is 14.7 Å². The van der Waals surface area contributed by atoms with Crippen LogP contribution in [0.15, 0.2) is 48.9 Å². The van der Waals surface area contributed by atoms with E-state index in [-0.39, 0.29) is 12.2 Å². The van der Waals surface area contributed by atoms with Gasteiger partial charge in [0.05, 0.1) is 12.7 Å². The third-order valence-electron chi connectivity index (χ3n) is 2.52. The van der Waals surface area contributed by atoms with Crippen molar-refractivity contribution in [1.82, 2.24) is 20.6 Å². The summed E-state index contributed by atoms with van der Waals surface area (Å²) in [5.74, 6) is -0.138. The first kappa shape index (κ1) is 28.4. The van der Waals surface area contributed by atoms with Gasteiger partial charge in [0.2, 0.25) is 5.91 Å². The molecular formula is C22H36N4O3. The van der Waals surface area contributed by atoms with E-state index in [2.05, 4.69) is 60.4 Å². The van der Waals surface area contributed by atoms with E-state index in [4.69, 9.17) is 5.11 Å². The lowest BCUT2D eigenvalue weighted by Gasteiger charge is -2.07. The van der Waals surface area contributed by atoms with Crippen molar-refractivity contribution in [2.45, 2.75) is 54.7 Å². The van der Waals surface area contributed by atoms with Crippen molar-refractivity contribution in [1.29, 1.82) is 0 Å². The van der Waals surface area contributed by atoms with Crippen LogP contribution in [0.2, 0.25) is 0 Å². The van der Waals surface area contributed by atoms with Crippen LogP contribution >= 0.6 is 0 Å². The number of rotatable bonds is 4. The second-order valence-electron chi connectivity index (χ2n) is 6.40. The molecule has 0 bridgehead atoms. The third kappa shape index (κ3) is 19.8. The van der Waals surface area contributed by atoms with Gasteiger partial charge in [-0.25, -0.2) is 4.98 Å². The van der Waals surface area contributed by atoms with E-state index in [1.54, 1.807) is 0 Å². The summed E-state index contributed by atoms with van der Waals surface area (Å²) in [6.07, 6.45) is 3.17. The molecule has 162 valence electrons. The molecule has 0 radical (unpaired) electrons. The van der Waals surface area contributed by atoms with E-state index in [1.807, 2.05) is 32.0 Å². The summed E-state index contributed by atoms with van der Waals surface area (Å²) in [6.45, 7) is 13.8.